The second kappa shape index (κ2) is 60.9. The molecule has 0 aromatic carbocycles. The second-order valence-corrected chi connectivity index (χ2v) is 22.1. The molecule has 6 heteroatoms. The molecule has 0 saturated carbocycles. The maximum atomic E-state index is 12.5. The first kappa shape index (κ1) is 69.3. The van der Waals surface area contributed by atoms with Crippen LogP contribution in [0.5, 0.6) is 0 Å². The molecule has 1 amide bonds. The second-order valence-electron chi connectivity index (χ2n) is 22.1. The van der Waals surface area contributed by atoms with E-state index in [1.54, 1.807) is 0 Å². The van der Waals surface area contributed by atoms with Gasteiger partial charge >= 0.3 is 5.97 Å². The number of hydrogen-bond donors (Lipinski definition) is 3. The van der Waals surface area contributed by atoms with Gasteiger partial charge in [0.05, 0.1) is 25.4 Å². The molecule has 3 N–H and O–H groups in total. The Hall–Kier alpha value is -1.66. The number of nitrogens with one attached hydrogen (secondary N) is 1. The molecular weight excluding hydrogens is 875 g/mol. The number of allylic oxidation sites excluding steroid dienone is 4. The molecule has 0 aliphatic carbocycles. The number of rotatable bonds is 60. The van der Waals surface area contributed by atoms with Crippen molar-refractivity contribution in [1.82, 2.24) is 5.32 Å². The molecule has 0 rings (SSSR count). The average molecular weight is 1000 g/mol. The summed E-state index contributed by atoms with van der Waals surface area (Å²) >= 11 is 0. The van der Waals surface area contributed by atoms with Gasteiger partial charge in [-0.1, -0.05) is 289 Å². The van der Waals surface area contributed by atoms with Gasteiger partial charge in [-0.3, -0.25) is 9.59 Å². The first-order valence-electron chi connectivity index (χ1n) is 32.1. The van der Waals surface area contributed by atoms with Crippen molar-refractivity contribution in [2.24, 2.45) is 0 Å². The van der Waals surface area contributed by atoms with Gasteiger partial charge in [0.15, 0.2) is 0 Å². The molecule has 0 aliphatic rings. The molecule has 6 nitrogen and oxygen atoms in total. The third kappa shape index (κ3) is 57.5. The van der Waals surface area contributed by atoms with E-state index >= 15 is 0 Å². The van der Waals surface area contributed by atoms with Crippen molar-refractivity contribution < 1.29 is 24.5 Å². The number of amides is 1. The lowest BCUT2D eigenvalue weighted by atomic mass is 10.0. The summed E-state index contributed by atoms with van der Waals surface area (Å²) in [4.78, 5) is 24.6. The Kier molecular flexibility index (Phi) is 59.5. The SMILES string of the molecule is CCCCCCCCC/C=C\CCCCCCCCCC(=O)OCCCCCCCCCCC/C=C\CCCCCCCCCC(=O)NC(CO)C(O)CCCCCCCCCCCCCCCCCC. The fraction of sp³-hybridized carbons (Fsp3) is 0.908. The predicted molar refractivity (Wildman–Crippen MR) is 310 cm³/mol. The number of ether oxygens (including phenoxy) is 1. The standard InChI is InChI=1S/C65H125NO5/c1-3-5-7-9-11-13-15-17-19-21-27-31-35-39-43-47-51-55-59-65(70)71-60-56-52-48-44-40-36-32-28-25-23-22-24-26-30-34-38-42-46-50-54-58-64(69)66-62(61-67)63(68)57-53-49-45-41-37-33-29-20-18-16-14-12-10-8-6-4-2/h19,21-22,24,62-63,67-68H,3-18,20,23,25-61H2,1-2H3,(H,66,69)/b21-19-,24-22-. The molecular formula is C65H125NO5. The van der Waals surface area contributed by atoms with Crippen LogP contribution < -0.4 is 5.32 Å². The van der Waals surface area contributed by atoms with Crippen LogP contribution in [0.1, 0.15) is 354 Å². The number of aliphatic hydroxyl groups is 2. The van der Waals surface area contributed by atoms with Gasteiger partial charge < -0.3 is 20.3 Å². The highest BCUT2D eigenvalue weighted by Gasteiger charge is 2.20. The summed E-state index contributed by atoms with van der Waals surface area (Å²) in [5.41, 5.74) is 0. The maximum absolute atomic E-state index is 12.5. The molecule has 2 unspecified atom stereocenters. The lowest BCUT2D eigenvalue weighted by molar-refractivity contribution is -0.143. The summed E-state index contributed by atoms with van der Waals surface area (Å²) in [6.07, 6.45) is 74.7. The number of aliphatic hydroxyl groups excluding tert-OH is 2. The van der Waals surface area contributed by atoms with Crippen LogP contribution in [0.3, 0.4) is 0 Å². The van der Waals surface area contributed by atoms with Crippen LogP contribution in [0, 0.1) is 0 Å². The van der Waals surface area contributed by atoms with Gasteiger partial charge in [-0.25, -0.2) is 0 Å². The zero-order valence-corrected chi connectivity index (χ0v) is 48.0. The molecule has 0 saturated heterocycles. The van der Waals surface area contributed by atoms with Gasteiger partial charge in [0, 0.05) is 12.8 Å². The topological polar surface area (TPSA) is 95.9 Å². The lowest BCUT2D eigenvalue weighted by Gasteiger charge is -2.22. The molecule has 2 atom stereocenters. The van der Waals surface area contributed by atoms with Crippen molar-refractivity contribution >= 4 is 11.9 Å². The fourth-order valence-corrected chi connectivity index (χ4v) is 10.0. The molecule has 0 bridgehead atoms. The molecule has 0 aliphatic heterocycles. The summed E-state index contributed by atoms with van der Waals surface area (Å²) in [5.74, 6) is -0.0374. The molecule has 71 heavy (non-hydrogen) atoms. The average Bonchev–Trinajstić information content (AvgIpc) is 3.37. The van der Waals surface area contributed by atoms with Gasteiger partial charge in [-0.05, 0) is 77.0 Å². The van der Waals surface area contributed by atoms with Crippen LogP contribution in [0.25, 0.3) is 0 Å². The van der Waals surface area contributed by atoms with Crippen molar-refractivity contribution in [2.75, 3.05) is 13.2 Å². The number of esters is 1. The highest BCUT2D eigenvalue weighted by molar-refractivity contribution is 5.76. The maximum Gasteiger partial charge on any atom is 0.305 e. The van der Waals surface area contributed by atoms with E-state index in [2.05, 4.69) is 43.5 Å². The highest BCUT2D eigenvalue weighted by Crippen LogP contribution is 2.18. The molecule has 0 fully saturated rings. The van der Waals surface area contributed by atoms with Crippen molar-refractivity contribution in [3.8, 4) is 0 Å². The number of hydrogen-bond acceptors (Lipinski definition) is 5. The van der Waals surface area contributed by atoms with E-state index in [-0.39, 0.29) is 18.5 Å². The van der Waals surface area contributed by atoms with E-state index in [0.29, 0.717) is 25.9 Å². The summed E-state index contributed by atoms with van der Waals surface area (Å²) in [6, 6.07) is -0.548. The van der Waals surface area contributed by atoms with Gasteiger partial charge in [0.1, 0.15) is 0 Å². The van der Waals surface area contributed by atoms with Gasteiger partial charge in [-0.15, -0.1) is 0 Å². The van der Waals surface area contributed by atoms with E-state index in [9.17, 15) is 19.8 Å². The fourth-order valence-electron chi connectivity index (χ4n) is 10.0. The van der Waals surface area contributed by atoms with Crippen LogP contribution in [0.2, 0.25) is 0 Å². The zero-order valence-electron chi connectivity index (χ0n) is 48.0. The third-order valence-electron chi connectivity index (χ3n) is 15.0. The van der Waals surface area contributed by atoms with E-state index in [1.807, 2.05) is 0 Å². The molecule has 0 aromatic heterocycles. The van der Waals surface area contributed by atoms with Crippen molar-refractivity contribution in [3.05, 3.63) is 24.3 Å². The molecule has 420 valence electrons. The Morgan fingerprint density at radius 2 is 0.662 bits per heavy atom. The summed E-state index contributed by atoms with van der Waals surface area (Å²) in [7, 11) is 0. The van der Waals surface area contributed by atoms with E-state index in [4.69, 9.17) is 4.74 Å². The number of carbonyl (C=O) groups excluding carboxylic acids is 2. The normalized spacial score (nSPS) is 12.7. The van der Waals surface area contributed by atoms with Crippen LogP contribution in [0.4, 0.5) is 0 Å². The third-order valence-corrected chi connectivity index (χ3v) is 15.0. The minimum atomic E-state index is -0.670. The lowest BCUT2D eigenvalue weighted by Crippen LogP contribution is -2.45. The Morgan fingerprint density at radius 3 is 1.00 bits per heavy atom. The van der Waals surface area contributed by atoms with E-state index in [0.717, 1.165) is 44.9 Å². The van der Waals surface area contributed by atoms with Crippen LogP contribution in [-0.2, 0) is 14.3 Å². The Labute approximate surface area is 443 Å². The number of unbranched alkanes of at least 4 members (excludes halogenated alkanes) is 45. The van der Waals surface area contributed by atoms with Gasteiger partial charge in [0.2, 0.25) is 5.91 Å². The minimum Gasteiger partial charge on any atom is -0.466 e. The smallest absolute Gasteiger partial charge is 0.305 e. The van der Waals surface area contributed by atoms with E-state index < -0.39 is 12.1 Å². The van der Waals surface area contributed by atoms with Crippen LogP contribution >= 0.6 is 0 Å². The summed E-state index contributed by atoms with van der Waals surface area (Å²) < 4.78 is 5.49. The summed E-state index contributed by atoms with van der Waals surface area (Å²) in [6.45, 7) is 4.96. The van der Waals surface area contributed by atoms with Crippen molar-refractivity contribution in [1.29, 1.82) is 0 Å². The largest absolute Gasteiger partial charge is 0.466 e. The molecule has 0 spiro atoms. The van der Waals surface area contributed by atoms with Gasteiger partial charge in [0.25, 0.3) is 0 Å². The highest BCUT2D eigenvalue weighted by atomic mass is 16.5. The first-order valence-corrected chi connectivity index (χ1v) is 32.1. The van der Waals surface area contributed by atoms with Crippen molar-refractivity contribution in [3.63, 3.8) is 0 Å². The number of carbonyl (C=O) groups is 2. The minimum absolute atomic E-state index is 0.00394. The molecule has 0 aromatic rings. The van der Waals surface area contributed by atoms with E-state index in [1.165, 1.54) is 276 Å². The van der Waals surface area contributed by atoms with Crippen LogP contribution in [-0.4, -0.2) is 47.4 Å². The quantitative estimate of drug-likeness (QED) is 0.0320. The van der Waals surface area contributed by atoms with Crippen LogP contribution in [0.15, 0.2) is 24.3 Å². The Morgan fingerprint density at radius 1 is 0.380 bits per heavy atom. The summed E-state index contributed by atoms with van der Waals surface area (Å²) in [5, 5.41) is 23.3. The Bertz CT molecular complexity index is 1110. The first-order chi connectivity index (χ1) is 35.0. The Balaban J connectivity index is 3.41. The zero-order chi connectivity index (χ0) is 51.4. The monoisotopic (exact) mass is 1000 g/mol. The van der Waals surface area contributed by atoms with Gasteiger partial charge in [-0.2, -0.15) is 0 Å². The van der Waals surface area contributed by atoms with Crippen molar-refractivity contribution in [2.45, 2.75) is 366 Å². The predicted octanol–water partition coefficient (Wildman–Crippen LogP) is 20.2. The molecule has 0 heterocycles. The molecule has 0 radical (unpaired) electrons.